The zero-order valence-corrected chi connectivity index (χ0v) is 40.7. The molecule has 53 heavy (non-hydrogen) atoms. The van der Waals surface area contributed by atoms with Crippen LogP contribution in [0.2, 0.25) is 0 Å². The van der Waals surface area contributed by atoms with E-state index in [1.165, 1.54) is 91.6 Å². The summed E-state index contributed by atoms with van der Waals surface area (Å²) in [5.74, 6) is 2.30. The molecular formula is C47H74CeN2OP2. The molecule has 7 unspecified atom stereocenters. The first-order chi connectivity index (χ1) is 24.5. The number of likely N-dealkylation sites (tertiary alicyclic amines) is 2. The van der Waals surface area contributed by atoms with Gasteiger partial charge in [-0.25, -0.2) is 0 Å². The van der Waals surface area contributed by atoms with Crippen LogP contribution in [0, 0.1) is 78.3 Å². The summed E-state index contributed by atoms with van der Waals surface area (Å²) in [5, 5.41) is 0. The van der Waals surface area contributed by atoms with Gasteiger partial charge in [0.2, 0.25) is 0 Å². The molecule has 3 nitrogen and oxygen atoms in total. The van der Waals surface area contributed by atoms with Crippen molar-refractivity contribution in [2.24, 2.45) is 22.7 Å². The maximum Gasteiger partial charge on any atom is 0.125 e. The fraction of sp³-hybridized carbons (Fsp3) is 0.660. The molecule has 4 aliphatic rings. The van der Waals surface area contributed by atoms with Crippen molar-refractivity contribution in [3.63, 3.8) is 0 Å². The number of benzene rings is 2. The van der Waals surface area contributed by atoms with Crippen LogP contribution in [0.15, 0.2) is 61.0 Å². The summed E-state index contributed by atoms with van der Waals surface area (Å²) in [4.78, 5) is 5.28. The Labute approximate surface area is 363 Å². The van der Waals surface area contributed by atoms with E-state index in [0.29, 0.717) is 28.8 Å². The topological polar surface area (TPSA) is 15.7 Å². The van der Waals surface area contributed by atoms with Crippen LogP contribution in [0.4, 0.5) is 0 Å². The van der Waals surface area contributed by atoms with E-state index in [0.717, 1.165) is 47.5 Å². The third-order valence-electron chi connectivity index (χ3n) is 13.3. The molecule has 2 aromatic carbocycles. The second kappa shape index (κ2) is 18.9. The number of rotatable bonds is 11. The van der Waals surface area contributed by atoms with Crippen LogP contribution in [0.5, 0.6) is 5.75 Å². The normalized spacial score (nSPS) is 26.9. The molecule has 6 rings (SSSR count). The third-order valence-corrected chi connectivity index (χ3v) is 16.7. The average molecular weight is 885 g/mol. The Morgan fingerprint density at radius 1 is 0.849 bits per heavy atom. The van der Waals surface area contributed by atoms with Crippen molar-refractivity contribution in [3.8, 4) is 5.75 Å². The van der Waals surface area contributed by atoms with Crippen LogP contribution in [-0.2, 0) is 6.42 Å². The molecule has 3 heterocycles. The first kappa shape index (κ1) is 45.3. The molecule has 0 saturated carbocycles. The van der Waals surface area contributed by atoms with Crippen LogP contribution in [0.25, 0.3) is 0 Å². The number of allylic oxidation sites excluding steroid dienone is 2. The predicted octanol–water partition coefficient (Wildman–Crippen LogP) is 12.9. The summed E-state index contributed by atoms with van der Waals surface area (Å²) in [6.45, 7) is 37.0. The van der Waals surface area contributed by atoms with Crippen molar-refractivity contribution in [2.75, 3.05) is 31.6 Å². The Morgan fingerprint density at radius 3 is 1.94 bits per heavy atom. The molecule has 2 fully saturated rings. The molecule has 0 amide bonds. The maximum atomic E-state index is 6.49. The minimum atomic E-state index is -0.141. The Morgan fingerprint density at radius 2 is 1.42 bits per heavy atom. The predicted molar refractivity (Wildman–Crippen MR) is 232 cm³/mol. The van der Waals surface area contributed by atoms with Crippen LogP contribution < -0.4 is 4.74 Å². The van der Waals surface area contributed by atoms with Crippen molar-refractivity contribution in [1.82, 2.24) is 9.80 Å². The van der Waals surface area contributed by atoms with E-state index in [-0.39, 0.29) is 47.3 Å². The van der Waals surface area contributed by atoms with Gasteiger partial charge in [0, 0.05) is 77.7 Å². The summed E-state index contributed by atoms with van der Waals surface area (Å²) in [6.07, 6.45) is 12.6. The van der Waals surface area contributed by atoms with Crippen molar-refractivity contribution in [2.45, 2.75) is 144 Å². The summed E-state index contributed by atoms with van der Waals surface area (Å²) >= 11 is 0. The van der Waals surface area contributed by atoms with E-state index in [1.807, 2.05) is 0 Å². The van der Waals surface area contributed by atoms with E-state index in [9.17, 15) is 0 Å². The molecule has 0 radical (unpaired) electrons. The zero-order valence-electron chi connectivity index (χ0n) is 35.6. The van der Waals surface area contributed by atoms with Crippen molar-refractivity contribution < 1.29 is 46.5 Å². The number of nitrogens with zero attached hydrogens (tertiary/aromatic N) is 2. The molecule has 0 aromatic heterocycles. The van der Waals surface area contributed by atoms with Gasteiger partial charge < -0.3 is 14.5 Å². The largest absolute Gasteiger partial charge is 0.487 e. The van der Waals surface area contributed by atoms with Gasteiger partial charge in [0.05, 0.1) is 12.1 Å². The van der Waals surface area contributed by atoms with Gasteiger partial charge in [-0.3, -0.25) is 0 Å². The SMILES string of the molecule is C=C1CCCN1C1c2cc(C)ccc2CC(C)(CC)C1CPCC(C)(C)CC.C=C1CCCN1C1c2cc(C)ccc2OC(C)(C)C1CPC(C)C.[Ce]. The molecule has 2 aromatic rings. The zero-order chi connectivity index (χ0) is 38.0. The molecule has 292 valence electrons. The molecule has 0 spiro atoms. The van der Waals surface area contributed by atoms with Crippen LogP contribution in [0.1, 0.15) is 141 Å². The van der Waals surface area contributed by atoms with Crippen LogP contribution in [-0.4, -0.2) is 52.6 Å². The minimum Gasteiger partial charge on any atom is -0.487 e. The van der Waals surface area contributed by atoms with Crippen LogP contribution in [0.3, 0.4) is 0 Å². The van der Waals surface area contributed by atoms with Gasteiger partial charge in [-0.1, -0.05) is 116 Å². The first-order valence-corrected chi connectivity index (χ1v) is 23.4. The number of hydrogen-bond donors (Lipinski definition) is 0. The molecule has 3 aliphatic heterocycles. The first-order valence-electron chi connectivity index (χ1n) is 20.7. The Balaban J connectivity index is 0.000000235. The Bertz CT molecular complexity index is 1570. The average Bonchev–Trinajstić information content (AvgIpc) is 3.71. The monoisotopic (exact) mass is 884 g/mol. The smallest absolute Gasteiger partial charge is 0.125 e. The maximum absolute atomic E-state index is 6.49. The number of fused-ring (bicyclic) bond motifs is 2. The second-order valence-electron chi connectivity index (χ2n) is 18.7. The van der Waals surface area contributed by atoms with Gasteiger partial charge in [0.15, 0.2) is 0 Å². The number of aryl methyl sites for hydroxylation is 2. The van der Waals surface area contributed by atoms with Crippen molar-refractivity contribution in [3.05, 3.63) is 88.8 Å². The Kier molecular flexibility index (Phi) is 16.1. The molecular weight excluding hydrogens is 811 g/mol. The summed E-state index contributed by atoms with van der Waals surface area (Å²) < 4.78 is 6.49. The van der Waals surface area contributed by atoms with Gasteiger partial charge in [-0.2, -0.15) is 0 Å². The molecule has 6 heteroatoms. The molecule has 2 saturated heterocycles. The molecule has 1 aliphatic carbocycles. The number of ether oxygens (including phenoxy) is 1. The van der Waals surface area contributed by atoms with Gasteiger partial charge >= 0.3 is 0 Å². The second-order valence-corrected chi connectivity index (χ2v) is 21.9. The van der Waals surface area contributed by atoms with Gasteiger partial charge in [0.25, 0.3) is 0 Å². The van der Waals surface area contributed by atoms with Crippen molar-refractivity contribution in [1.29, 1.82) is 0 Å². The van der Waals surface area contributed by atoms with E-state index in [2.05, 4.69) is 136 Å². The molecule has 7 atom stereocenters. The van der Waals surface area contributed by atoms with E-state index < -0.39 is 0 Å². The summed E-state index contributed by atoms with van der Waals surface area (Å²) in [6, 6.07) is 14.8. The number of hydrogen-bond acceptors (Lipinski definition) is 3. The minimum absolute atomic E-state index is 0. The van der Waals surface area contributed by atoms with E-state index in [4.69, 9.17) is 4.74 Å². The molecule has 0 bridgehead atoms. The van der Waals surface area contributed by atoms with Crippen molar-refractivity contribution >= 4 is 17.2 Å². The fourth-order valence-corrected chi connectivity index (χ4v) is 12.9. The molecule has 0 N–H and O–H groups in total. The van der Waals surface area contributed by atoms with E-state index in [1.54, 1.807) is 11.1 Å². The fourth-order valence-electron chi connectivity index (χ4n) is 9.37. The Hall–Kier alpha value is -0.443. The van der Waals surface area contributed by atoms with Gasteiger partial charge in [0.1, 0.15) is 11.4 Å². The van der Waals surface area contributed by atoms with Crippen LogP contribution >= 0.6 is 17.2 Å². The standard InChI is InChI=1S/C26H42NP.C21H32NOP.Ce/c1-8-25(5,6)18-28-17-23-24(27-14-10-11-20(27)4)22-15-19(3)12-13-21(22)16-26(23,7)9-2;1-14(2)24-13-18-20(22-11-7-8-16(22)4)17-12-15(3)9-10-19(17)23-21(18,5)6;/h12-13,15,23-24,28H,4,8-11,14,16-18H2,1-3,5-7H3;9-10,12,14,18,20,24H,4,7-8,11,13H2,1-3,5-6H3;. The summed E-state index contributed by atoms with van der Waals surface area (Å²) in [7, 11) is 2.04. The quantitative estimate of drug-likeness (QED) is 0.209. The summed E-state index contributed by atoms with van der Waals surface area (Å²) in [5.41, 5.74) is 11.5. The van der Waals surface area contributed by atoms with E-state index >= 15 is 0 Å². The van der Waals surface area contributed by atoms with Gasteiger partial charge in [-0.05, 0) is 118 Å². The third kappa shape index (κ3) is 10.5. The van der Waals surface area contributed by atoms with Gasteiger partial charge in [-0.15, -0.1) is 17.2 Å².